The van der Waals surface area contributed by atoms with Gasteiger partial charge in [0.15, 0.2) is 0 Å². The van der Waals surface area contributed by atoms with Crippen molar-refractivity contribution in [1.82, 2.24) is 9.71 Å². The lowest BCUT2D eigenvalue weighted by molar-refractivity contribution is 0.592. The maximum absolute atomic E-state index is 12.1. The van der Waals surface area contributed by atoms with E-state index in [1.165, 1.54) is 0 Å². The van der Waals surface area contributed by atoms with Gasteiger partial charge in [-0.3, -0.25) is 9.71 Å². The summed E-state index contributed by atoms with van der Waals surface area (Å²) in [7, 11) is -3.62. The Hall–Kier alpha value is -1.79. The quantitative estimate of drug-likeness (QED) is 0.880. The standard InChI is InChI=1S/C14H14N2O2S2/c1-11-5-7-13(8-6-11)20(17,18)16-14(19)10-12-4-2-3-9-15-12/h2-9H,10H2,1H3,(H,16,19). The van der Waals surface area contributed by atoms with E-state index in [-0.39, 0.29) is 9.88 Å². The second-order valence-corrected chi connectivity index (χ2v) is 6.51. The molecule has 6 heteroatoms. The fourth-order valence-electron chi connectivity index (χ4n) is 1.63. The van der Waals surface area contributed by atoms with E-state index in [0.717, 1.165) is 11.3 Å². The molecule has 0 saturated heterocycles. The number of thiocarbonyl (C=S) groups is 1. The van der Waals surface area contributed by atoms with Gasteiger partial charge in [0.1, 0.15) is 0 Å². The first-order valence-corrected chi connectivity index (χ1v) is 7.89. The van der Waals surface area contributed by atoms with Crippen LogP contribution in [0.15, 0.2) is 53.6 Å². The van der Waals surface area contributed by atoms with Gasteiger partial charge in [-0.1, -0.05) is 36.0 Å². The number of benzene rings is 1. The molecular formula is C14H14N2O2S2. The Morgan fingerprint density at radius 2 is 1.90 bits per heavy atom. The zero-order chi connectivity index (χ0) is 14.6. The van der Waals surface area contributed by atoms with Gasteiger partial charge in [0.25, 0.3) is 10.0 Å². The summed E-state index contributed by atoms with van der Waals surface area (Å²) in [5.74, 6) is 0. The summed E-state index contributed by atoms with van der Waals surface area (Å²) >= 11 is 5.08. The second kappa shape index (κ2) is 6.11. The van der Waals surface area contributed by atoms with Crippen molar-refractivity contribution in [2.45, 2.75) is 18.2 Å². The minimum absolute atomic E-state index is 0.200. The van der Waals surface area contributed by atoms with Gasteiger partial charge < -0.3 is 0 Å². The van der Waals surface area contributed by atoms with E-state index in [1.54, 1.807) is 42.6 Å². The summed E-state index contributed by atoms with van der Waals surface area (Å²) in [5, 5.41) is 0. The summed E-state index contributed by atoms with van der Waals surface area (Å²) in [4.78, 5) is 4.54. The zero-order valence-electron chi connectivity index (χ0n) is 10.9. The van der Waals surface area contributed by atoms with Gasteiger partial charge in [-0.05, 0) is 31.2 Å². The van der Waals surface area contributed by atoms with Crippen molar-refractivity contribution in [3.05, 3.63) is 59.9 Å². The average Bonchev–Trinajstić information content (AvgIpc) is 2.39. The highest BCUT2D eigenvalue weighted by molar-refractivity contribution is 7.91. The van der Waals surface area contributed by atoms with Gasteiger partial charge in [-0.15, -0.1) is 0 Å². The first-order chi connectivity index (χ1) is 9.47. The van der Waals surface area contributed by atoms with E-state index >= 15 is 0 Å². The predicted octanol–water partition coefficient (Wildman–Crippen LogP) is 2.24. The van der Waals surface area contributed by atoms with Crippen LogP contribution in [0.5, 0.6) is 0 Å². The number of nitrogens with zero attached hydrogens (tertiary/aromatic N) is 1. The number of aromatic nitrogens is 1. The topological polar surface area (TPSA) is 59.1 Å². The highest BCUT2D eigenvalue weighted by atomic mass is 32.2. The molecule has 0 aliphatic heterocycles. The molecule has 2 aromatic rings. The molecule has 20 heavy (non-hydrogen) atoms. The molecule has 0 aliphatic rings. The first-order valence-electron chi connectivity index (χ1n) is 5.99. The van der Waals surface area contributed by atoms with Crippen molar-refractivity contribution in [1.29, 1.82) is 0 Å². The Kier molecular flexibility index (Phi) is 4.46. The molecule has 0 bridgehead atoms. The Bertz CT molecular complexity index is 696. The zero-order valence-corrected chi connectivity index (χ0v) is 12.5. The van der Waals surface area contributed by atoms with Crippen LogP contribution in [0.3, 0.4) is 0 Å². The van der Waals surface area contributed by atoms with Crippen LogP contribution >= 0.6 is 12.2 Å². The third-order valence-corrected chi connectivity index (χ3v) is 4.43. The number of rotatable bonds is 4. The van der Waals surface area contributed by atoms with E-state index in [2.05, 4.69) is 9.71 Å². The first kappa shape index (κ1) is 14.6. The molecule has 0 spiro atoms. The van der Waals surface area contributed by atoms with Gasteiger partial charge in [0.2, 0.25) is 0 Å². The molecule has 1 N–H and O–H groups in total. The summed E-state index contributed by atoms with van der Waals surface area (Å²) in [6, 6.07) is 12.0. The molecule has 0 saturated carbocycles. The summed E-state index contributed by atoms with van der Waals surface area (Å²) in [6.45, 7) is 1.90. The lowest BCUT2D eigenvalue weighted by Gasteiger charge is -2.09. The number of pyridine rings is 1. The molecule has 2 rings (SSSR count). The van der Waals surface area contributed by atoms with Crippen molar-refractivity contribution in [3.63, 3.8) is 0 Å². The number of hydrogen-bond donors (Lipinski definition) is 1. The fourth-order valence-corrected chi connectivity index (χ4v) is 3.09. The smallest absolute Gasteiger partial charge is 0.262 e. The lowest BCUT2D eigenvalue weighted by atomic mass is 10.2. The molecule has 1 aromatic carbocycles. The van der Waals surface area contributed by atoms with Gasteiger partial charge in [-0.25, -0.2) is 8.42 Å². The van der Waals surface area contributed by atoms with Crippen LogP contribution in [0.1, 0.15) is 11.3 Å². The van der Waals surface area contributed by atoms with Crippen molar-refractivity contribution < 1.29 is 8.42 Å². The van der Waals surface area contributed by atoms with E-state index < -0.39 is 10.0 Å². The molecule has 0 radical (unpaired) electrons. The molecule has 1 aromatic heterocycles. The summed E-state index contributed by atoms with van der Waals surface area (Å²) < 4.78 is 26.7. The van der Waals surface area contributed by atoms with E-state index in [1.807, 2.05) is 13.0 Å². The highest BCUT2D eigenvalue weighted by Gasteiger charge is 2.15. The Labute approximate surface area is 123 Å². The summed E-state index contributed by atoms with van der Waals surface area (Å²) in [6.07, 6.45) is 1.94. The number of sulfonamides is 1. The monoisotopic (exact) mass is 306 g/mol. The molecule has 0 fully saturated rings. The van der Waals surface area contributed by atoms with Gasteiger partial charge in [-0.2, -0.15) is 0 Å². The third kappa shape index (κ3) is 3.85. The van der Waals surface area contributed by atoms with E-state index in [9.17, 15) is 8.42 Å². The minimum atomic E-state index is -3.62. The molecule has 0 atom stereocenters. The molecule has 1 heterocycles. The Balaban J connectivity index is 2.08. The van der Waals surface area contributed by atoms with Crippen LogP contribution < -0.4 is 4.72 Å². The highest BCUT2D eigenvalue weighted by Crippen LogP contribution is 2.10. The van der Waals surface area contributed by atoms with Gasteiger partial charge in [0.05, 0.1) is 9.88 Å². The third-order valence-electron chi connectivity index (χ3n) is 2.65. The van der Waals surface area contributed by atoms with Crippen molar-refractivity contribution in [2.24, 2.45) is 0 Å². The summed E-state index contributed by atoms with van der Waals surface area (Å²) in [5.41, 5.74) is 1.73. The van der Waals surface area contributed by atoms with Crippen LogP contribution in [-0.4, -0.2) is 18.4 Å². The molecule has 0 amide bonds. The SMILES string of the molecule is Cc1ccc(S(=O)(=O)NC(=S)Cc2ccccn2)cc1. The molecule has 0 unspecified atom stereocenters. The van der Waals surface area contributed by atoms with Crippen molar-refractivity contribution in [3.8, 4) is 0 Å². The van der Waals surface area contributed by atoms with Crippen LogP contribution in [-0.2, 0) is 16.4 Å². The van der Waals surface area contributed by atoms with Crippen LogP contribution in [0.2, 0.25) is 0 Å². The minimum Gasteiger partial charge on any atom is -0.273 e. The molecule has 104 valence electrons. The maximum atomic E-state index is 12.1. The molecule has 4 nitrogen and oxygen atoms in total. The Morgan fingerprint density at radius 1 is 1.20 bits per heavy atom. The normalized spacial score (nSPS) is 11.1. The van der Waals surface area contributed by atoms with Gasteiger partial charge >= 0.3 is 0 Å². The van der Waals surface area contributed by atoms with E-state index in [0.29, 0.717) is 6.42 Å². The number of aryl methyl sites for hydroxylation is 1. The fraction of sp³-hybridized carbons (Fsp3) is 0.143. The largest absolute Gasteiger partial charge is 0.273 e. The van der Waals surface area contributed by atoms with E-state index in [4.69, 9.17) is 12.2 Å². The Morgan fingerprint density at radius 3 is 2.50 bits per heavy atom. The van der Waals surface area contributed by atoms with Crippen molar-refractivity contribution in [2.75, 3.05) is 0 Å². The predicted molar refractivity (Wildman–Crippen MR) is 82.0 cm³/mol. The average molecular weight is 306 g/mol. The second-order valence-electron chi connectivity index (χ2n) is 4.34. The van der Waals surface area contributed by atoms with Crippen LogP contribution in [0.25, 0.3) is 0 Å². The number of nitrogens with one attached hydrogen (secondary N) is 1. The van der Waals surface area contributed by atoms with Gasteiger partial charge in [0, 0.05) is 18.3 Å². The molecular weight excluding hydrogens is 292 g/mol. The van der Waals surface area contributed by atoms with Crippen LogP contribution in [0, 0.1) is 6.92 Å². The maximum Gasteiger partial charge on any atom is 0.262 e. The van der Waals surface area contributed by atoms with Crippen molar-refractivity contribution >= 4 is 27.2 Å². The number of hydrogen-bond acceptors (Lipinski definition) is 4. The molecule has 0 aliphatic carbocycles. The lowest BCUT2D eigenvalue weighted by Crippen LogP contribution is -2.30. The van der Waals surface area contributed by atoms with Crippen LogP contribution in [0.4, 0.5) is 0 Å².